The van der Waals surface area contributed by atoms with Gasteiger partial charge in [-0.05, 0) is 43.7 Å². The fraction of sp³-hybridized carbons (Fsp3) is 0.538. The molecule has 0 saturated carbocycles. The third-order valence-corrected chi connectivity index (χ3v) is 5.13. The molecule has 1 heterocycles. The zero-order valence-electron chi connectivity index (χ0n) is 11.4. The molecule has 0 aromatic heterocycles. The molecular weight excluding hydrogens is 262 g/mol. The number of hydrogen-bond donors (Lipinski definition) is 2. The predicted molar refractivity (Wildman–Crippen MR) is 76.8 cm³/mol. The predicted octanol–water partition coefficient (Wildman–Crippen LogP) is 1.10. The Kier molecular flexibility index (Phi) is 4.44. The van der Waals surface area contributed by atoms with Gasteiger partial charge in [-0.25, -0.2) is 12.7 Å². The van der Waals surface area contributed by atoms with Crippen molar-refractivity contribution in [1.82, 2.24) is 9.62 Å². The summed E-state index contributed by atoms with van der Waals surface area (Å²) in [4.78, 5) is 0.324. The molecule has 0 amide bonds. The normalized spacial score (nSPS) is 20.5. The molecule has 1 unspecified atom stereocenters. The molecule has 1 aromatic carbocycles. The van der Waals surface area contributed by atoms with Gasteiger partial charge < -0.3 is 10.6 Å². The first-order valence-electron chi connectivity index (χ1n) is 6.50. The van der Waals surface area contributed by atoms with Crippen LogP contribution in [0.15, 0.2) is 29.2 Å². The molecule has 0 spiro atoms. The molecule has 5 nitrogen and oxygen atoms in total. The van der Waals surface area contributed by atoms with Gasteiger partial charge in [0.1, 0.15) is 0 Å². The summed E-state index contributed by atoms with van der Waals surface area (Å²) in [5.41, 5.74) is 0.964. The number of hydrogen-bond acceptors (Lipinski definition) is 4. The molecule has 1 fully saturated rings. The van der Waals surface area contributed by atoms with Gasteiger partial charge >= 0.3 is 0 Å². The van der Waals surface area contributed by atoms with Gasteiger partial charge in [0.15, 0.2) is 0 Å². The first kappa shape index (κ1) is 14.3. The number of benzene rings is 1. The van der Waals surface area contributed by atoms with Crippen molar-refractivity contribution < 1.29 is 8.42 Å². The van der Waals surface area contributed by atoms with E-state index in [1.165, 1.54) is 24.8 Å². The molecule has 1 saturated heterocycles. The standard InChI is InChI=1S/C13H21N3O2S/c1-16(2)19(17,18)13-7-5-11(6-8-13)15-12-4-3-9-14-10-12/h5-8,12,14-15H,3-4,9-10H2,1-2H3. The van der Waals surface area contributed by atoms with Crippen LogP contribution in [0.1, 0.15) is 12.8 Å². The van der Waals surface area contributed by atoms with E-state index in [4.69, 9.17) is 0 Å². The minimum atomic E-state index is -3.33. The Morgan fingerprint density at radius 1 is 1.26 bits per heavy atom. The Bertz CT molecular complexity index is 505. The maximum Gasteiger partial charge on any atom is 0.242 e. The second kappa shape index (κ2) is 5.90. The fourth-order valence-corrected chi connectivity index (χ4v) is 3.05. The van der Waals surface area contributed by atoms with E-state index in [1.54, 1.807) is 12.1 Å². The van der Waals surface area contributed by atoms with Crippen molar-refractivity contribution in [2.75, 3.05) is 32.5 Å². The summed E-state index contributed by atoms with van der Waals surface area (Å²) in [5.74, 6) is 0. The van der Waals surface area contributed by atoms with Crippen LogP contribution in [0.25, 0.3) is 0 Å². The lowest BCUT2D eigenvalue weighted by atomic mass is 10.1. The highest BCUT2D eigenvalue weighted by atomic mass is 32.2. The lowest BCUT2D eigenvalue weighted by Gasteiger charge is -2.24. The summed E-state index contributed by atoms with van der Waals surface area (Å²) < 4.78 is 25.1. The summed E-state index contributed by atoms with van der Waals surface area (Å²) in [6, 6.07) is 7.36. The SMILES string of the molecule is CN(C)S(=O)(=O)c1ccc(NC2CCCNC2)cc1. The molecule has 1 atom stereocenters. The quantitative estimate of drug-likeness (QED) is 0.869. The van der Waals surface area contributed by atoms with Crippen molar-refractivity contribution in [3.05, 3.63) is 24.3 Å². The van der Waals surface area contributed by atoms with Gasteiger partial charge in [-0.2, -0.15) is 0 Å². The Balaban J connectivity index is 2.06. The first-order chi connectivity index (χ1) is 9.00. The van der Waals surface area contributed by atoms with Crippen molar-refractivity contribution in [2.24, 2.45) is 0 Å². The number of nitrogens with one attached hydrogen (secondary N) is 2. The lowest BCUT2D eigenvalue weighted by molar-refractivity contribution is 0.480. The number of sulfonamides is 1. The van der Waals surface area contributed by atoms with E-state index in [1.807, 2.05) is 12.1 Å². The van der Waals surface area contributed by atoms with Gasteiger partial charge in [0.2, 0.25) is 10.0 Å². The number of piperidine rings is 1. The van der Waals surface area contributed by atoms with Crippen LogP contribution in [0.4, 0.5) is 5.69 Å². The highest BCUT2D eigenvalue weighted by Crippen LogP contribution is 2.18. The van der Waals surface area contributed by atoms with E-state index in [0.717, 1.165) is 25.2 Å². The van der Waals surface area contributed by atoms with Gasteiger partial charge in [-0.15, -0.1) is 0 Å². The molecule has 2 N–H and O–H groups in total. The van der Waals surface area contributed by atoms with Gasteiger partial charge in [0.05, 0.1) is 4.90 Å². The minimum absolute atomic E-state index is 0.324. The Hall–Kier alpha value is -1.11. The van der Waals surface area contributed by atoms with Crippen LogP contribution in [0.3, 0.4) is 0 Å². The Morgan fingerprint density at radius 3 is 2.47 bits per heavy atom. The molecule has 0 bridgehead atoms. The minimum Gasteiger partial charge on any atom is -0.381 e. The highest BCUT2D eigenvalue weighted by molar-refractivity contribution is 7.89. The molecule has 1 aromatic rings. The van der Waals surface area contributed by atoms with E-state index in [9.17, 15) is 8.42 Å². The Morgan fingerprint density at radius 2 is 1.95 bits per heavy atom. The van der Waals surface area contributed by atoms with Crippen molar-refractivity contribution in [1.29, 1.82) is 0 Å². The average molecular weight is 283 g/mol. The lowest BCUT2D eigenvalue weighted by Crippen LogP contribution is -2.38. The number of rotatable bonds is 4. The first-order valence-corrected chi connectivity index (χ1v) is 7.94. The fourth-order valence-electron chi connectivity index (χ4n) is 2.14. The monoisotopic (exact) mass is 283 g/mol. The molecule has 2 rings (SSSR count). The zero-order chi connectivity index (χ0) is 13.9. The molecule has 0 aliphatic carbocycles. The van der Waals surface area contributed by atoms with Gasteiger partial charge in [-0.1, -0.05) is 0 Å². The Labute approximate surface area is 115 Å². The van der Waals surface area contributed by atoms with E-state index in [0.29, 0.717) is 10.9 Å². The molecule has 1 aliphatic heterocycles. The second-order valence-corrected chi connectivity index (χ2v) is 7.15. The topological polar surface area (TPSA) is 61.4 Å². The number of nitrogens with zero attached hydrogens (tertiary/aromatic N) is 1. The van der Waals surface area contributed by atoms with Crippen LogP contribution in [-0.2, 0) is 10.0 Å². The molecule has 0 radical (unpaired) electrons. The number of anilines is 1. The summed E-state index contributed by atoms with van der Waals surface area (Å²) in [6.45, 7) is 2.04. The van der Waals surface area contributed by atoms with Gasteiger partial charge in [0, 0.05) is 32.4 Å². The van der Waals surface area contributed by atoms with Gasteiger partial charge in [0.25, 0.3) is 0 Å². The van der Waals surface area contributed by atoms with Gasteiger partial charge in [-0.3, -0.25) is 0 Å². The molecule has 1 aliphatic rings. The summed E-state index contributed by atoms with van der Waals surface area (Å²) in [7, 11) is -0.260. The maximum absolute atomic E-state index is 11.9. The summed E-state index contributed by atoms with van der Waals surface area (Å²) in [5, 5.41) is 6.76. The second-order valence-electron chi connectivity index (χ2n) is 5.00. The van der Waals surface area contributed by atoms with Crippen LogP contribution in [0.5, 0.6) is 0 Å². The van der Waals surface area contributed by atoms with E-state index in [2.05, 4.69) is 10.6 Å². The zero-order valence-corrected chi connectivity index (χ0v) is 12.2. The third-order valence-electron chi connectivity index (χ3n) is 3.30. The molecule has 19 heavy (non-hydrogen) atoms. The van der Waals surface area contributed by atoms with E-state index < -0.39 is 10.0 Å². The van der Waals surface area contributed by atoms with E-state index in [-0.39, 0.29) is 0 Å². The van der Waals surface area contributed by atoms with E-state index >= 15 is 0 Å². The largest absolute Gasteiger partial charge is 0.381 e. The van der Waals surface area contributed by atoms with Crippen LogP contribution >= 0.6 is 0 Å². The molecular formula is C13H21N3O2S. The summed E-state index contributed by atoms with van der Waals surface area (Å²) in [6.07, 6.45) is 2.31. The van der Waals surface area contributed by atoms with Crippen molar-refractivity contribution in [3.8, 4) is 0 Å². The average Bonchev–Trinajstić information content (AvgIpc) is 2.40. The smallest absolute Gasteiger partial charge is 0.242 e. The van der Waals surface area contributed by atoms with Crippen molar-refractivity contribution in [2.45, 2.75) is 23.8 Å². The maximum atomic E-state index is 11.9. The van der Waals surface area contributed by atoms with Crippen molar-refractivity contribution in [3.63, 3.8) is 0 Å². The van der Waals surface area contributed by atoms with Crippen LogP contribution in [0.2, 0.25) is 0 Å². The highest BCUT2D eigenvalue weighted by Gasteiger charge is 2.17. The molecule has 106 valence electrons. The third kappa shape index (κ3) is 3.46. The van der Waals surface area contributed by atoms with Crippen LogP contribution < -0.4 is 10.6 Å². The van der Waals surface area contributed by atoms with Crippen molar-refractivity contribution >= 4 is 15.7 Å². The van der Waals surface area contributed by atoms with Crippen LogP contribution in [-0.4, -0.2) is 45.9 Å². The molecule has 6 heteroatoms. The summed E-state index contributed by atoms with van der Waals surface area (Å²) >= 11 is 0. The van der Waals surface area contributed by atoms with Crippen LogP contribution in [0, 0.1) is 0 Å².